The van der Waals surface area contributed by atoms with Gasteiger partial charge in [0.2, 0.25) is 0 Å². The van der Waals surface area contributed by atoms with Crippen LogP contribution in [0.15, 0.2) is 0 Å². The van der Waals surface area contributed by atoms with Crippen molar-refractivity contribution in [3.05, 3.63) is 0 Å². The second-order valence-electron chi connectivity index (χ2n) is 6.57. The first-order valence-corrected chi connectivity index (χ1v) is 6.70. The lowest BCUT2D eigenvalue weighted by molar-refractivity contribution is 0.0988. The Morgan fingerprint density at radius 1 is 1.31 bits per heavy atom. The van der Waals surface area contributed by atoms with E-state index in [2.05, 4.69) is 39.6 Å². The van der Waals surface area contributed by atoms with Gasteiger partial charge in [-0.1, -0.05) is 27.2 Å². The number of aliphatic hydroxyl groups is 1. The van der Waals surface area contributed by atoms with Gasteiger partial charge >= 0.3 is 0 Å². The molecule has 2 nitrogen and oxygen atoms in total. The van der Waals surface area contributed by atoms with Crippen LogP contribution in [0.2, 0.25) is 0 Å². The summed E-state index contributed by atoms with van der Waals surface area (Å²) in [6.45, 7) is 10.3. The van der Waals surface area contributed by atoms with Gasteiger partial charge in [0.25, 0.3) is 0 Å². The molecule has 1 N–H and O–H groups in total. The summed E-state index contributed by atoms with van der Waals surface area (Å²) in [5.74, 6) is 0.551. The molecule has 0 aromatic rings. The van der Waals surface area contributed by atoms with E-state index in [4.69, 9.17) is 0 Å². The van der Waals surface area contributed by atoms with Crippen LogP contribution in [0, 0.1) is 11.3 Å². The van der Waals surface area contributed by atoms with Crippen molar-refractivity contribution in [1.82, 2.24) is 4.90 Å². The molecule has 0 spiro atoms. The zero-order chi connectivity index (χ0) is 12.3. The van der Waals surface area contributed by atoms with Crippen LogP contribution < -0.4 is 0 Å². The highest BCUT2D eigenvalue weighted by Gasteiger charge is 2.27. The van der Waals surface area contributed by atoms with E-state index in [1.54, 1.807) is 0 Å². The van der Waals surface area contributed by atoms with Crippen molar-refractivity contribution in [3.63, 3.8) is 0 Å². The number of hydrogen-bond acceptors (Lipinski definition) is 2. The number of hydrogen-bond donors (Lipinski definition) is 1. The maximum atomic E-state index is 9.78. The lowest BCUT2D eigenvalue weighted by atomic mass is 9.87. The summed E-state index contributed by atoms with van der Waals surface area (Å²) in [7, 11) is 2.21. The summed E-state index contributed by atoms with van der Waals surface area (Å²) in [5.41, 5.74) is 0.336. The van der Waals surface area contributed by atoms with Crippen LogP contribution in [0.25, 0.3) is 0 Å². The molecule has 16 heavy (non-hydrogen) atoms. The first-order chi connectivity index (χ1) is 7.32. The summed E-state index contributed by atoms with van der Waals surface area (Å²) in [6.07, 6.45) is 4.57. The van der Waals surface area contributed by atoms with Crippen LogP contribution in [-0.2, 0) is 0 Å². The number of nitrogens with zero attached hydrogens (tertiary/aromatic N) is 1. The monoisotopic (exact) mass is 227 g/mol. The smallest absolute Gasteiger partial charge is 0.0568 e. The van der Waals surface area contributed by atoms with Crippen LogP contribution in [0.1, 0.15) is 53.4 Å². The molecule has 0 heterocycles. The minimum atomic E-state index is -0.0293. The van der Waals surface area contributed by atoms with Crippen LogP contribution in [0.4, 0.5) is 0 Å². The molecule has 0 aromatic heterocycles. The standard InChI is InChI=1S/C14H29NO/c1-11(14(2,3)4)15(5)10-9-12-7-6-8-13(12)16/h11-13,16H,6-10H2,1-5H3. The van der Waals surface area contributed by atoms with E-state index < -0.39 is 0 Å². The fourth-order valence-electron chi connectivity index (χ4n) is 2.58. The first kappa shape index (κ1) is 14.0. The molecule has 0 amide bonds. The van der Waals surface area contributed by atoms with E-state index in [1.165, 1.54) is 12.8 Å². The minimum Gasteiger partial charge on any atom is -0.393 e. The molecule has 1 fully saturated rings. The van der Waals surface area contributed by atoms with Crippen LogP contribution in [0.5, 0.6) is 0 Å². The van der Waals surface area contributed by atoms with E-state index >= 15 is 0 Å². The Kier molecular flexibility index (Phi) is 4.81. The molecule has 0 saturated heterocycles. The molecule has 0 bridgehead atoms. The Balaban J connectivity index is 2.32. The minimum absolute atomic E-state index is 0.0293. The Morgan fingerprint density at radius 2 is 1.94 bits per heavy atom. The molecule has 0 aliphatic heterocycles. The maximum Gasteiger partial charge on any atom is 0.0568 e. The van der Waals surface area contributed by atoms with Crippen molar-refractivity contribution in [2.45, 2.75) is 65.5 Å². The van der Waals surface area contributed by atoms with E-state index in [-0.39, 0.29) is 6.10 Å². The van der Waals surface area contributed by atoms with Gasteiger partial charge in [0, 0.05) is 6.04 Å². The zero-order valence-electron chi connectivity index (χ0n) is 11.7. The highest BCUT2D eigenvalue weighted by Crippen LogP contribution is 2.29. The van der Waals surface area contributed by atoms with Crippen molar-refractivity contribution in [3.8, 4) is 0 Å². The average Bonchev–Trinajstić information content (AvgIpc) is 2.58. The lowest BCUT2D eigenvalue weighted by Gasteiger charge is -2.36. The van der Waals surface area contributed by atoms with Gasteiger partial charge in [-0.3, -0.25) is 0 Å². The quantitative estimate of drug-likeness (QED) is 0.798. The Bertz CT molecular complexity index is 209. The average molecular weight is 227 g/mol. The first-order valence-electron chi connectivity index (χ1n) is 6.70. The number of rotatable bonds is 4. The molecule has 0 radical (unpaired) electrons. The largest absolute Gasteiger partial charge is 0.393 e. The number of aliphatic hydroxyl groups excluding tert-OH is 1. The molecule has 2 heteroatoms. The SMILES string of the molecule is CC(N(C)CCC1CCCC1O)C(C)(C)C. The Morgan fingerprint density at radius 3 is 2.38 bits per heavy atom. The summed E-state index contributed by atoms with van der Waals surface area (Å²) >= 11 is 0. The van der Waals surface area contributed by atoms with Crippen molar-refractivity contribution >= 4 is 0 Å². The summed E-state index contributed by atoms with van der Waals surface area (Å²) in [6, 6.07) is 0.589. The maximum absolute atomic E-state index is 9.78. The fourth-order valence-corrected chi connectivity index (χ4v) is 2.58. The molecule has 1 saturated carbocycles. The third-order valence-corrected chi connectivity index (χ3v) is 4.39. The predicted molar refractivity (Wildman–Crippen MR) is 69.5 cm³/mol. The lowest BCUT2D eigenvalue weighted by Crippen LogP contribution is -2.40. The third kappa shape index (κ3) is 3.74. The van der Waals surface area contributed by atoms with Crippen LogP contribution in [-0.4, -0.2) is 35.7 Å². The molecular weight excluding hydrogens is 198 g/mol. The summed E-state index contributed by atoms with van der Waals surface area (Å²) in [4.78, 5) is 2.44. The Labute approximate surface area is 101 Å². The molecule has 1 aliphatic rings. The zero-order valence-corrected chi connectivity index (χ0v) is 11.7. The van der Waals surface area contributed by atoms with Crippen LogP contribution in [0.3, 0.4) is 0 Å². The molecule has 0 aromatic carbocycles. The van der Waals surface area contributed by atoms with E-state index in [0.29, 0.717) is 17.4 Å². The van der Waals surface area contributed by atoms with Crippen molar-refractivity contribution in [2.24, 2.45) is 11.3 Å². The van der Waals surface area contributed by atoms with Crippen molar-refractivity contribution < 1.29 is 5.11 Å². The van der Waals surface area contributed by atoms with E-state index in [1.807, 2.05) is 0 Å². The third-order valence-electron chi connectivity index (χ3n) is 4.39. The normalized spacial score (nSPS) is 28.7. The second kappa shape index (κ2) is 5.50. The van der Waals surface area contributed by atoms with Gasteiger partial charge in [0.15, 0.2) is 0 Å². The van der Waals surface area contributed by atoms with Crippen molar-refractivity contribution in [1.29, 1.82) is 0 Å². The molecule has 1 rings (SSSR count). The van der Waals surface area contributed by atoms with Gasteiger partial charge < -0.3 is 10.0 Å². The van der Waals surface area contributed by atoms with Crippen molar-refractivity contribution in [2.75, 3.05) is 13.6 Å². The topological polar surface area (TPSA) is 23.5 Å². The van der Waals surface area contributed by atoms with E-state index in [9.17, 15) is 5.11 Å². The molecular formula is C14H29NO. The van der Waals surface area contributed by atoms with Gasteiger partial charge in [-0.15, -0.1) is 0 Å². The van der Waals surface area contributed by atoms with Gasteiger partial charge in [-0.25, -0.2) is 0 Å². The second-order valence-corrected chi connectivity index (χ2v) is 6.57. The highest BCUT2D eigenvalue weighted by atomic mass is 16.3. The molecule has 96 valence electrons. The van der Waals surface area contributed by atoms with Gasteiger partial charge in [-0.05, 0) is 51.1 Å². The van der Waals surface area contributed by atoms with E-state index in [0.717, 1.165) is 19.4 Å². The molecule has 3 unspecified atom stereocenters. The predicted octanol–water partition coefficient (Wildman–Crippen LogP) is 2.90. The summed E-state index contributed by atoms with van der Waals surface area (Å²) in [5, 5.41) is 9.78. The highest BCUT2D eigenvalue weighted by molar-refractivity contribution is 4.81. The summed E-state index contributed by atoms with van der Waals surface area (Å²) < 4.78 is 0. The van der Waals surface area contributed by atoms with Gasteiger partial charge in [-0.2, -0.15) is 0 Å². The fraction of sp³-hybridized carbons (Fsp3) is 1.00. The van der Waals surface area contributed by atoms with Crippen LogP contribution >= 0.6 is 0 Å². The van der Waals surface area contributed by atoms with Gasteiger partial charge in [0.1, 0.15) is 0 Å². The van der Waals surface area contributed by atoms with Gasteiger partial charge in [0.05, 0.1) is 6.10 Å². The Hall–Kier alpha value is -0.0800. The molecule has 1 aliphatic carbocycles. The molecule has 3 atom stereocenters.